The zero-order valence-electron chi connectivity index (χ0n) is 12.7. The summed E-state index contributed by atoms with van der Waals surface area (Å²) < 4.78 is 6.47. The number of carbonyl (C=O) groups excluding carboxylic acids is 1. The van der Waals surface area contributed by atoms with E-state index in [1.54, 1.807) is 25.1 Å². The lowest BCUT2D eigenvalue weighted by atomic mass is 10.2. The molecular formula is C18H16N2O3. The summed E-state index contributed by atoms with van der Waals surface area (Å²) >= 11 is 0. The number of fused-ring (bicyclic) bond motifs is 1. The third kappa shape index (κ3) is 2.99. The molecule has 0 spiro atoms. The van der Waals surface area contributed by atoms with Gasteiger partial charge in [-0.1, -0.05) is 30.3 Å². The topological polar surface area (TPSA) is 61.2 Å². The third-order valence-electron chi connectivity index (χ3n) is 3.47. The molecule has 0 unspecified atom stereocenters. The van der Waals surface area contributed by atoms with E-state index in [2.05, 4.69) is 4.98 Å². The van der Waals surface area contributed by atoms with Crippen LogP contribution in [0.1, 0.15) is 12.7 Å². The number of benzene rings is 2. The molecule has 0 aliphatic rings. The van der Waals surface area contributed by atoms with Gasteiger partial charge in [-0.2, -0.15) is 0 Å². The van der Waals surface area contributed by atoms with Crippen molar-refractivity contribution in [1.82, 2.24) is 9.55 Å². The lowest BCUT2D eigenvalue weighted by Gasteiger charge is -2.13. The van der Waals surface area contributed by atoms with E-state index in [1.165, 1.54) is 4.57 Å². The van der Waals surface area contributed by atoms with Crippen molar-refractivity contribution in [2.75, 3.05) is 6.61 Å². The smallest absolute Gasteiger partial charge is 0.313 e. The number of esters is 1. The fraction of sp³-hybridized carbons (Fsp3) is 0.167. The Morgan fingerprint density at radius 2 is 1.78 bits per heavy atom. The Bertz CT molecular complexity index is 901. The zero-order valence-corrected chi connectivity index (χ0v) is 12.7. The van der Waals surface area contributed by atoms with Crippen molar-refractivity contribution < 1.29 is 9.53 Å². The molecule has 23 heavy (non-hydrogen) atoms. The van der Waals surface area contributed by atoms with Crippen LogP contribution in [0.3, 0.4) is 0 Å². The summed E-state index contributed by atoms with van der Waals surface area (Å²) in [6.07, 6.45) is -0.0528. The summed E-state index contributed by atoms with van der Waals surface area (Å²) in [5.41, 5.74) is 1.06. The van der Waals surface area contributed by atoms with Crippen molar-refractivity contribution in [2.24, 2.45) is 0 Å². The molecule has 0 aliphatic heterocycles. The molecule has 0 aliphatic carbocycles. The largest absolute Gasteiger partial charge is 0.466 e. The van der Waals surface area contributed by atoms with Crippen molar-refractivity contribution in [1.29, 1.82) is 0 Å². The maximum atomic E-state index is 12.9. The number of hydrogen-bond acceptors (Lipinski definition) is 4. The lowest BCUT2D eigenvalue weighted by molar-refractivity contribution is -0.142. The van der Waals surface area contributed by atoms with Gasteiger partial charge in [0, 0.05) is 0 Å². The van der Waals surface area contributed by atoms with Gasteiger partial charge >= 0.3 is 5.97 Å². The molecule has 0 saturated heterocycles. The molecule has 0 saturated carbocycles. The van der Waals surface area contributed by atoms with Gasteiger partial charge in [0.1, 0.15) is 12.2 Å². The highest BCUT2D eigenvalue weighted by atomic mass is 16.5. The van der Waals surface area contributed by atoms with Gasteiger partial charge in [0.25, 0.3) is 5.56 Å². The average molecular weight is 308 g/mol. The maximum Gasteiger partial charge on any atom is 0.313 e. The van der Waals surface area contributed by atoms with Crippen LogP contribution in [0.4, 0.5) is 0 Å². The Balaban J connectivity index is 2.23. The Kier molecular flexibility index (Phi) is 4.19. The lowest BCUT2D eigenvalue weighted by Crippen LogP contribution is -2.26. The Morgan fingerprint density at radius 3 is 2.52 bits per heavy atom. The van der Waals surface area contributed by atoms with E-state index >= 15 is 0 Å². The highest BCUT2D eigenvalue weighted by molar-refractivity contribution is 5.79. The molecule has 3 rings (SSSR count). The highest BCUT2D eigenvalue weighted by Crippen LogP contribution is 2.13. The van der Waals surface area contributed by atoms with Crippen LogP contribution in [0.2, 0.25) is 0 Å². The minimum Gasteiger partial charge on any atom is -0.466 e. The van der Waals surface area contributed by atoms with Gasteiger partial charge in [0.15, 0.2) is 0 Å². The van der Waals surface area contributed by atoms with Crippen molar-refractivity contribution in [3.05, 3.63) is 70.8 Å². The van der Waals surface area contributed by atoms with E-state index in [-0.39, 0.29) is 12.0 Å². The number of para-hydroxylation sites is 2. The van der Waals surface area contributed by atoms with Crippen LogP contribution >= 0.6 is 0 Å². The summed E-state index contributed by atoms with van der Waals surface area (Å²) in [7, 11) is 0. The summed E-state index contributed by atoms with van der Waals surface area (Å²) in [4.78, 5) is 29.2. The van der Waals surface area contributed by atoms with E-state index in [4.69, 9.17) is 4.74 Å². The van der Waals surface area contributed by atoms with Gasteiger partial charge in [0.05, 0.1) is 23.2 Å². The molecule has 0 atom stereocenters. The van der Waals surface area contributed by atoms with Gasteiger partial charge in [-0.05, 0) is 31.2 Å². The van der Waals surface area contributed by atoms with Crippen LogP contribution in [-0.4, -0.2) is 22.1 Å². The summed E-state index contributed by atoms with van der Waals surface area (Å²) in [5.74, 6) is -0.0299. The number of ether oxygens (including phenoxy) is 1. The quantitative estimate of drug-likeness (QED) is 0.695. The van der Waals surface area contributed by atoms with Gasteiger partial charge in [0.2, 0.25) is 0 Å². The minimum absolute atomic E-state index is 0.0528. The molecule has 5 heteroatoms. The fourth-order valence-corrected chi connectivity index (χ4v) is 2.48. The van der Waals surface area contributed by atoms with Crippen LogP contribution < -0.4 is 5.56 Å². The first kappa shape index (κ1) is 15.0. The van der Waals surface area contributed by atoms with E-state index in [0.29, 0.717) is 29.0 Å². The van der Waals surface area contributed by atoms with Gasteiger partial charge in [-0.3, -0.25) is 14.2 Å². The van der Waals surface area contributed by atoms with Crippen LogP contribution in [0.5, 0.6) is 0 Å². The second-order valence-electron chi connectivity index (χ2n) is 5.00. The predicted octanol–water partition coefficient (Wildman–Crippen LogP) is 2.49. The molecule has 0 bridgehead atoms. The molecule has 3 aromatic rings. The van der Waals surface area contributed by atoms with Crippen molar-refractivity contribution in [2.45, 2.75) is 13.3 Å². The van der Waals surface area contributed by atoms with Gasteiger partial charge in [-0.25, -0.2) is 4.98 Å². The van der Waals surface area contributed by atoms with Crippen LogP contribution in [0.15, 0.2) is 59.4 Å². The van der Waals surface area contributed by atoms with Crippen LogP contribution in [0.25, 0.3) is 16.6 Å². The van der Waals surface area contributed by atoms with Crippen molar-refractivity contribution in [3.63, 3.8) is 0 Å². The van der Waals surface area contributed by atoms with Gasteiger partial charge in [-0.15, -0.1) is 0 Å². The fourth-order valence-electron chi connectivity index (χ4n) is 2.48. The molecule has 1 aromatic heterocycles. The molecule has 0 N–H and O–H groups in total. The third-order valence-corrected chi connectivity index (χ3v) is 3.47. The first-order chi connectivity index (χ1) is 11.2. The number of nitrogens with zero attached hydrogens (tertiary/aromatic N) is 2. The molecule has 0 amide bonds. The maximum absolute atomic E-state index is 12.9. The highest BCUT2D eigenvalue weighted by Gasteiger charge is 2.15. The number of hydrogen-bond donors (Lipinski definition) is 0. The van der Waals surface area contributed by atoms with Gasteiger partial charge < -0.3 is 4.74 Å². The zero-order chi connectivity index (χ0) is 16.2. The Labute approximate surface area is 133 Å². The molecule has 116 valence electrons. The summed E-state index contributed by atoms with van der Waals surface area (Å²) in [6, 6.07) is 16.3. The number of aromatic nitrogens is 2. The van der Waals surface area contributed by atoms with E-state index in [0.717, 1.165) is 0 Å². The second-order valence-corrected chi connectivity index (χ2v) is 5.00. The molecule has 1 heterocycles. The normalized spacial score (nSPS) is 10.7. The Morgan fingerprint density at radius 1 is 1.09 bits per heavy atom. The Hall–Kier alpha value is -2.95. The van der Waals surface area contributed by atoms with Crippen molar-refractivity contribution in [3.8, 4) is 5.69 Å². The average Bonchev–Trinajstić information content (AvgIpc) is 2.56. The summed E-state index contributed by atoms with van der Waals surface area (Å²) in [5, 5.41) is 0.518. The van der Waals surface area contributed by atoms with E-state index in [9.17, 15) is 9.59 Å². The minimum atomic E-state index is -0.403. The molecule has 0 radical (unpaired) electrons. The second kappa shape index (κ2) is 6.44. The van der Waals surface area contributed by atoms with Crippen LogP contribution in [-0.2, 0) is 16.0 Å². The van der Waals surface area contributed by atoms with E-state index < -0.39 is 5.97 Å². The SMILES string of the molecule is CCOC(=O)Cc1nc2ccccc2c(=O)n1-c1ccccc1. The number of carbonyl (C=O) groups is 1. The number of rotatable bonds is 4. The predicted molar refractivity (Wildman–Crippen MR) is 87.7 cm³/mol. The van der Waals surface area contributed by atoms with E-state index in [1.807, 2.05) is 36.4 Å². The molecule has 5 nitrogen and oxygen atoms in total. The molecule has 2 aromatic carbocycles. The van der Waals surface area contributed by atoms with Crippen molar-refractivity contribution >= 4 is 16.9 Å². The first-order valence-corrected chi connectivity index (χ1v) is 7.42. The monoisotopic (exact) mass is 308 g/mol. The molecule has 0 fully saturated rings. The van der Waals surface area contributed by atoms with Crippen LogP contribution in [0, 0.1) is 0 Å². The molecular weight excluding hydrogens is 292 g/mol. The first-order valence-electron chi connectivity index (χ1n) is 7.42. The summed E-state index contributed by atoms with van der Waals surface area (Å²) in [6.45, 7) is 2.04. The standard InChI is InChI=1S/C18H16N2O3/c1-2-23-17(21)12-16-19-15-11-7-6-10-14(15)18(22)20(16)13-8-4-3-5-9-13/h3-11H,2,12H2,1H3.